The van der Waals surface area contributed by atoms with Crippen LogP contribution in [-0.4, -0.2) is 24.1 Å². The number of benzene rings is 1. The highest BCUT2D eigenvalue weighted by Gasteiger charge is 2.12. The molecule has 0 fully saturated rings. The van der Waals surface area contributed by atoms with Gasteiger partial charge in [-0.15, -0.1) is 0 Å². The summed E-state index contributed by atoms with van der Waals surface area (Å²) >= 11 is 0. The van der Waals surface area contributed by atoms with Crippen LogP contribution in [0.25, 0.3) is 0 Å². The summed E-state index contributed by atoms with van der Waals surface area (Å²) in [4.78, 5) is 8.19. The molecule has 0 amide bonds. The molecule has 0 aliphatic rings. The van der Waals surface area contributed by atoms with E-state index >= 15 is 0 Å². The number of hydrogen-bond donors (Lipinski definition) is 2. The second kappa shape index (κ2) is 5.69. The number of anilines is 3. The summed E-state index contributed by atoms with van der Waals surface area (Å²) in [5.74, 6) is 1.58. The van der Waals surface area contributed by atoms with E-state index in [2.05, 4.69) is 26.7 Å². The lowest BCUT2D eigenvalue weighted by Gasteiger charge is -2.13. The molecule has 0 spiro atoms. The van der Waals surface area contributed by atoms with Crippen molar-refractivity contribution in [1.29, 1.82) is 5.26 Å². The first-order chi connectivity index (χ1) is 9.30. The Hall–Kier alpha value is -2.81. The second-order valence-corrected chi connectivity index (χ2v) is 3.64. The summed E-state index contributed by atoms with van der Waals surface area (Å²) in [6.45, 7) is 0. The molecule has 0 radical (unpaired) electrons. The van der Waals surface area contributed by atoms with Gasteiger partial charge in [0.1, 0.15) is 12.4 Å². The van der Waals surface area contributed by atoms with E-state index in [1.165, 1.54) is 6.33 Å². The molecule has 2 N–H and O–H groups in total. The first-order valence-electron chi connectivity index (χ1n) is 5.63. The Labute approximate surface area is 111 Å². The third kappa shape index (κ3) is 2.55. The molecule has 0 unspecified atom stereocenters. The molecule has 1 aromatic carbocycles. The van der Waals surface area contributed by atoms with Crippen LogP contribution in [0, 0.1) is 11.3 Å². The fourth-order valence-electron chi connectivity index (χ4n) is 1.65. The van der Waals surface area contributed by atoms with Crippen LogP contribution in [0.15, 0.2) is 30.6 Å². The second-order valence-electron chi connectivity index (χ2n) is 3.64. The van der Waals surface area contributed by atoms with Crippen molar-refractivity contribution in [2.75, 3.05) is 24.8 Å². The number of methoxy groups -OCH3 is 1. The van der Waals surface area contributed by atoms with Gasteiger partial charge in [-0.2, -0.15) is 5.26 Å². The molecule has 0 bridgehead atoms. The van der Waals surface area contributed by atoms with Crippen molar-refractivity contribution < 1.29 is 4.74 Å². The van der Waals surface area contributed by atoms with Gasteiger partial charge in [0.2, 0.25) is 5.75 Å². The van der Waals surface area contributed by atoms with Crippen LogP contribution < -0.4 is 15.4 Å². The average Bonchev–Trinajstić information content (AvgIpc) is 2.47. The Kier molecular flexibility index (Phi) is 3.78. The van der Waals surface area contributed by atoms with Crippen molar-refractivity contribution in [3.8, 4) is 11.8 Å². The van der Waals surface area contributed by atoms with E-state index in [1.807, 2.05) is 6.07 Å². The first kappa shape index (κ1) is 12.6. The number of nitriles is 1. The molecule has 0 saturated heterocycles. The van der Waals surface area contributed by atoms with E-state index < -0.39 is 0 Å². The van der Waals surface area contributed by atoms with Gasteiger partial charge in [-0.05, 0) is 12.1 Å². The van der Waals surface area contributed by atoms with Crippen molar-refractivity contribution in [2.45, 2.75) is 0 Å². The van der Waals surface area contributed by atoms with Gasteiger partial charge in [-0.25, -0.2) is 9.97 Å². The molecule has 2 aromatic rings. The van der Waals surface area contributed by atoms with Gasteiger partial charge in [0, 0.05) is 7.05 Å². The van der Waals surface area contributed by atoms with Crippen LogP contribution in [0.2, 0.25) is 0 Å². The maximum atomic E-state index is 9.06. The zero-order valence-corrected chi connectivity index (χ0v) is 10.6. The minimum atomic E-state index is 0.498. The third-order valence-electron chi connectivity index (χ3n) is 2.55. The number of nitrogens with zero attached hydrogens (tertiary/aromatic N) is 3. The van der Waals surface area contributed by atoms with Gasteiger partial charge in [-0.1, -0.05) is 12.1 Å². The van der Waals surface area contributed by atoms with E-state index in [0.29, 0.717) is 28.6 Å². The Morgan fingerprint density at radius 1 is 1.21 bits per heavy atom. The van der Waals surface area contributed by atoms with Crippen LogP contribution in [0.5, 0.6) is 5.75 Å². The molecular formula is C13H13N5O. The van der Waals surface area contributed by atoms with Crippen molar-refractivity contribution in [2.24, 2.45) is 0 Å². The average molecular weight is 255 g/mol. The summed E-state index contributed by atoms with van der Waals surface area (Å²) in [6, 6.07) is 9.30. The normalized spacial score (nSPS) is 9.53. The topological polar surface area (TPSA) is 82.9 Å². The van der Waals surface area contributed by atoms with Crippen LogP contribution in [0.1, 0.15) is 5.56 Å². The lowest BCUT2D eigenvalue weighted by molar-refractivity contribution is 0.415. The summed E-state index contributed by atoms with van der Waals surface area (Å²) in [5.41, 5.74) is 1.21. The predicted octanol–water partition coefficient (Wildman–Crippen LogP) is 2.14. The number of nitrogens with one attached hydrogen (secondary N) is 2. The Balaban J connectivity index is 2.41. The predicted molar refractivity (Wildman–Crippen MR) is 72.6 cm³/mol. The van der Waals surface area contributed by atoms with E-state index in [-0.39, 0.29) is 0 Å². The molecule has 0 atom stereocenters. The minimum absolute atomic E-state index is 0.498. The van der Waals surface area contributed by atoms with Crippen molar-refractivity contribution in [3.05, 3.63) is 36.2 Å². The van der Waals surface area contributed by atoms with Crippen molar-refractivity contribution >= 4 is 17.3 Å². The Morgan fingerprint density at radius 2 is 1.95 bits per heavy atom. The molecule has 1 aromatic heterocycles. The Morgan fingerprint density at radius 3 is 2.63 bits per heavy atom. The number of ether oxygens (including phenoxy) is 1. The van der Waals surface area contributed by atoms with Gasteiger partial charge in [0.25, 0.3) is 0 Å². The highest BCUT2D eigenvalue weighted by molar-refractivity contribution is 5.72. The molecular weight excluding hydrogens is 242 g/mol. The maximum Gasteiger partial charge on any atom is 0.204 e. The zero-order chi connectivity index (χ0) is 13.7. The van der Waals surface area contributed by atoms with Crippen molar-refractivity contribution in [1.82, 2.24) is 9.97 Å². The monoisotopic (exact) mass is 255 g/mol. The van der Waals surface area contributed by atoms with E-state index in [4.69, 9.17) is 10.00 Å². The minimum Gasteiger partial charge on any atom is -0.490 e. The fraction of sp³-hybridized carbons (Fsp3) is 0.154. The molecule has 19 heavy (non-hydrogen) atoms. The maximum absolute atomic E-state index is 9.06. The van der Waals surface area contributed by atoms with Crippen LogP contribution >= 0.6 is 0 Å². The highest BCUT2D eigenvalue weighted by atomic mass is 16.5. The highest BCUT2D eigenvalue weighted by Crippen LogP contribution is 2.31. The summed E-state index contributed by atoms with van der Waals surface area (Å²) in [6.07, 6.45) is 1.42. The van der Waals surface area contributed by atoms with Gasteiger partial charge in [-0.3, -0.25) is 0 Å². The lowest BCUT2D eigenvalue weighted by atomic mass is 10.2. The third-order valence-corrected chi connectivity index (χ3v) is 2.55. The standard InChI is InChI=1S/C13H13N5O/c1-15-12-11(19-2)13(17-8-16-12)18-10-6-4-3-5-9(10)7-14/h3-6,8H,1-2H3,(H2,15,16,17,18). The first-order valence-corrected chi connectivity index (χ1v) is 5.63. The largest absolute Gasteiger partial charge is 0.490 e. The number of rotatable bonds is 4. The van der Waals surface area contributed by atoms with E-state index in [0.717, 1.165) is 0 Å². The van der Waals surface area contributed by atoms with E-state index in [1.54, 1.807) is 32.4 Å². The van der Waals surface area contributed by atoms with Crippen molar-refractivity contribution in [3.63, 3.8) is 0 Å². The van der Waals surface area contributed by atoms with Crippen LogP contribution in [0.3, 0.4) is 0 Å². The fourth-order valence-corrected chi connectivity index (χ4v) is 1.65. The lowest BCUT2D eigenvalue weighted by Crippen LogP contribution is -2.03. The number of para-hydroxylation sites is 1. The smallest absolute Gasteiger partial charge is 0.204 e. The molecule has 1 heterocycles. The molecule has 6 heteroatoms. The van der Waals surface area contributed by atoms with E-state index in [9.17, 15) is 0 Å². The molecule has 0 aliphatic heterocycles. The summed E-state index contributed by atoms with van der Waals surface area (Å²) < 4.78 is 5.28. The number of hydrogen-bond acceptors (Lipinski definition) is 6. The summed E-state index contributed by atoms with van der Waals surface area (Å²) in [5, 5.41) is 15.1. The molecule has 6 nitrogen and oxygen atoms in total. The van der Waals surface area contributed by atoms with Gasteiger partial charge >= 0.3 is 0 Å². The molecule has 0 aliphatic carbocycles. The van der Waals surface area contributed by atoms with Gasteiger partial charge in [0.05, 0.1) is 18.4 Å². The zero-order valence-electron chi connectivity index (χ0n) is 10.6. The molecule has 96 valence electrons. The van der Waals surface area contributed by atoms with Crippen LogP contribution in [-0.2, 0) is 0 Å². The van der Waals surface area contributed by atoms with Gasteiger partial charge in [0.15, 0.2) is 11.6 Å². The Bertz CT molecular complexity index is 621. The number of aromatic nitrogens is 2. The molecule has 2 rings (SSSR count). The van der Waals surface area contributed by atoms with Gasteiger partial charge < -0.3 is 15.4 Å². The molecule has 0 saturated carbocycles. The SMILES string of the molecule is CNc1ncnc(Nc2ccccc2C#N)c1OC. The quantitative estimate of drug-likeness (QED) is 0.871. The summed E-state index contributed by atoms with van der Waals surface area (Å²) in [7, 11) is 3.29. The van der Waals surface area contributed by atoms with Crippen LogP contribution in [0.4, 0.5) is 17.3 Å².